The van der Waals surface area contributed by atoms with Crippen molar-refractivity contribution in [3.63, 3.8) is 0 Å². The molecule has 1 N–H and O–H groups in total. The van der Waals surface area contributed by atoms with Gasteiger partial charge in [0.05, 0.1) is 11.6 Å². The normalized spacial score (nSPS) is 12.5. The number of aliphatic hydroxyl groups excluding tert-OH is 1. The number of para-hydroxylation sites is 1. The van der Waals surface area contributed by atoms with Crippen LogP contribution in [-0.2, 0) is 6.42 Å². The number of halogens is 2. The topological polar surface area (TPSA) is 33.1 Å². The van der Waals surface area contributed by atoms with Gasteiger partial charge in [0.15, 0.2) is 0 Å². The van der Waals surface area contributed by atoms with E-state index in [1.54, 1.807) is 12.3 Å². The molecule has 1 atom stereocenters. The minimum atomic E-state index is -0.971. The first-order valence-corrected chi connectivity index (χ1v) is 6.60. The smallest absolute Gasteiger partial charge is 0.126 e. The molecule has 1 aromatic heterocycles. The van der Waals surface area contributed by atoms with E-state index >= 15 is 0 Å². The zero-order chi connectivity index (χ0) is 14.8. The average molecular weight is 285 g/mol. The van der Waals surface area contributed by atoms with Crippen molar-refractivity contribution >= 4 is 10.9 Å². The van der Waals surface area contributed by atoms with Crippen LogP contribution in [0.4, 0.5) is 8.78 Å². The summed E-state index contributed by atoms with van der Waals surface area (Å²) in [6, 6.07) is 12.5. The third-order valence-corrected chi connectivity index (χ3v) is 3.42. The van der Waals surface area contributed by atoms with Crippen LogP contribution in [0.25, 0.3) is 10.9 Å². The van der Waals surface area contributed by atoms with Gasteiger partial charge in [0.2, 0.25) is 0 Å². The summed E-state index contributed by atoms with van der Waals surface area (Å²) in [6.07, 6.45) is 0.962. The van der Waals surface area contributed by atoms with Gasteiger partial charge in [0.1, 0.15) is 11.6 Å². The van der Waals surface area contributed by atoms with Crippen molar-refractivity contribution in [2.45, 2.75) is 12.5 Å². The molecule has 1 unspecified atom stereocenters. The van der Waals surface area contributed by atoms with Crippen molar-refractivity contribution in [1.82, 2.24) is 4.98 Å². The van der Waals surface area contributed by atoms with Crippen LogP contribution in [0.1, 0.15) is 17.2 Å². The molecule has 0 aliphatic heterocycles. The fourth-order valence-electron chi connectivity index (χ4n) is 2.43. The van der Waals surface area contributed by atoms with Gasteiger partial charge in [-0.3, -0.25) is 4.98 Å². The van der Waals surface area contributed by atoms with E-state index < -0.39 is 17.7 Å². The Morgan fingerprint density at radius 1 is 1.00 bits per heavy atom. The summed E-state index contributed by atoms with van der Waals surface area (Å²) < 4.78 is 26.4. The van der Waals surface area contributed by atoms with Crippen LogP contribution in [0, 0.1) is 11.6 Å². The number of nitrogens with zero attached hydrogens (tertiary/aromatic N) is 1. The van der Waals surface area contributed by atoms with Crippen molar-refractivity contribution in [2.24, 2.45) is 0 Å². The Bertz CT molecular complexity index is 763. The minimum Gasteiger partial charge on any atom is -0.388 e. The van der Waals surface area contributed by atoms with Crippen LogP contribution < -0.4 is 0 Å². The molecule has 0 fully saturated rings. The van der Waals surface area contributed by atoms with E-state index in [1.165, 1.54) is 0 Å². The quantitative estimate of drug-likeness (QED) is 0.794. The second kappa shape index (κ2) is 5.58. The molecule has 0 saturated carbocycles. The molecular weight excluding hydrogens is 272 g/mol. The SMILES string of the molecule is OC(Cc1ccnc2ccccc12)c1cc(F)cc(F)c1. The summed E-state index contributed by atoms with van der Waals surface area (Å²) in [6.45, 7) is 0. The third kappa shape index (κ3) is 2.90. The Kier molecular flexibility index (Phi) is 3.62. The lowest BCUT2D eigenvalue weighted by molar-refractivity contribution is 0.178. The molecule has 3 rings (SSSR count). The molecule has 0 aliphatic carbocycles. The molecule has 3 aromatic rings. The van der Waals surface area contributed by atoms with Gasteiger partial charge in [0.25, 0.3) is 0 Å². The molecule has 4 heteroatoms. The largest absolute Gasteiger partial charge is 0.388 e. The highest BCUT2D eigenvalue weighted by Gasteiger charge is 2.13. The van der Waals surface area contributed by atoms with E-state index in [2.05, 4.69) is 4.98 Å². The summed E-state index contributed by atoms with van der Waals surface area (Å²) >= 11 is 0. The van der Waals surface area contributed by atoms with Crippen molar-refractivity contribution < 1.29 is 13.9 Å². The van der Waals surface area contributed by atoms with Crippen LogP contribution in [-0.4, -0.2) is 10.1 Å². The number of rotatable bonds is 3. The fourth-order valence-corrected chi connectivity index (χ4v) is 2.43. The molecule has 2 nitrogen and oxygen atoms in total. The predicted molar refractivity (Wildman–Crippen MR) is 76.8 cm³/mol. The van der Waals surface area contributed by atoms with E-state index in [-0.39, 0.29) is 12.0 Å². The number of aliphatic hydroxyl groups is 1. The molecule has 0 bridgehead atoms. The minimum absolute atomic E-state index is 0.230. The first-order chi connectivity index (χ1) is 10.1. The second-order valence-corrected chi connectivity index (χ2v) is 4.91. The summed E-state index contributed by atoms with van der Waals surface area (Å²) in [7, 11) is 0. The van der Waals surface area contributed by atoms with E-state index in [0.717, 1.165) is 34.7 Å². The first kappa shape index (κ1) is 13.6. The molecular formula is C17H13F2NO. The van der Waals surface area contributed by atoms with Crippen molar-refractivity contribution in [1.29, 1.82) is 0 Å². The molecule has 1 heterocycles. The summed E-state index contributed by atoms with van der Waals surface area (Å²) in [4.78, 5) is 4.25. The number of benzene rings is 2. The molecule has 0 aliphatic rings. The van der Waals surface area contributed by atoms with Gasteiger partial charge in [-0.25, -0.2) is 8.78 Å². The van der Waals surface area contributed by atoms with Crippen molar-refractivity contribution in [3.8, 4) is 0 Å². The number of hydrogen-bond donors (Lipinski definition) is 1. The van der Waals surface area contributed by atoms with Gasteiger partial charge >= 0.3 is 0 Å². The summed E-state index contributed by atoms with van der Waals surface area (Å²) in [5, 5.41) is 11.2. The third-order valence-electron chi connectivity index (χ3n) is 3.42. The van der Waals surface area contributed by atoms with Gasteiger partial charge < -0.3 is 5.11 Å². The van der Waals surface area contributed by atoms with E-state index in [1.807, 2.05) is 24.3 Å². The van der Waals surface area contributed by atoms with Gasteiger partial charge in [0, 0.05) is 24.1 Å². The lowest BCUT2D eigenvalue weighted by Gasteiger charge is -2.13. The maximum Gasteiger partial charge on any atom is 0.126 e. The number of pyridine rings is 1. The molecule has 106 valence electrons. The standard InChI is InChI=1S/C17H13F2NO/c18-13-7-12(8-14(19)10-13)17(21)9-11-5-6-20-16-4-2-1-3-15(11)16/h1-8,10,17,21H,9H2. The highest BCUT2D eigenvalue weighted by atomic mass is 19.1. The monoisotopic (exact) mass is 285 g/mol. The average Bonchev–Trinajstić information content (AvgIpc) is 2.46. The maximum atomic E-state index is 13.2. The van der Waals surface area contributed by atoms with Crippen LogP contribution in [0.2, 0.25) is 0 Å². The maximum absolute atomic E-state index is 13.2. The highest BCUT2D eigenvalue weighted by molar-refractivity contribution is 5.81. The number of fused-ring (bicyclic) bond motifs is 1. The van der Waals surface area contributed by atoms with Crippen LogP contribution >= 0.6 is 0 Å². The van der Waals surface area contributed by atoms with Crippen LogP contribution in [0.3, 0.4) is 0 Å². The molecule has 0 spiro atoms. The van der Waals surface area contributed by atoms with Gasteiger partial charge in [-0.05, 0) is 35.4 Å². The Labute approximate surface area is 120 Å². The van der Waals surface area contributed by atoms with E-state index in [9.17, 15) is 13.9 Å². The van der Waals surface area contributed by atoms with Gasteiger partial charge in [-0.1, -0.05) is 18.2 Å². The molecule has 0 saturated heterocycles. The van der Waals surface area contributed by atoms with E-state index in [0.29, 0.717) is 0 Å². The summed E-state index contributed by atoms with van der Waals surface area (Å²) in [5.41, 5.74) is 1.94. The lowest BCUT2D eigenvalue weighted by Crippen LogP contribution is -2.04. The van der Waals surface area contributed by atoms with Crippen LogP contribution in [0.5, 0.6) is 0 Å². The molecule has 21 heavy (non-hydrogen) atoms. The molecule has 0 radical (unpaired) electrons. The number of hydrogen-bond acceptors (Lipinski definition) is 2. The fraction of sp³-hybridized carbons (Fsp3) is 0.118. The van der Waals surface area contributed by atoms with Crippen molar-refractivity contribution in [2.75, 3.05) is 0 Å². The Morgan fingerprint density at radius 3 is 2.48 bits per heavy atom. The van der Waals surface area contributed by atoms with E-state index in [4.69, 9.17) is 0 Å². The Balaban J connectivity index is 1.94. The molecule has 0 amide bonds. The second-order valence-electron chi connectivity index (χ2n) is 4.91. The predicted octanol–water partition coefficient (Wildman–Crippen LogP) is 3.79. The Morgan fingerprint density at radius 2 is 1.71 bits per heavy atom. The first-order valence-electron chi connectivity index (χ1n) is 6.60. The van der Waals surface area contributed by atoms with Crippen LogP contribution in [0.15, 0.2) is 54.7 Å². The van der Waals surface area contributed by atoms with Crippen molar-refractivity contribution in [3.05, 3.63) is 77.5 Å². The van der Waals surface area contributed by atoms with Gasteiger partial charge in [-0.15, -0.1) is 0 Å². The zero-order valence-electron chi connectivity index (χ0n) is 11.1. The highest BCUT2D eigenvalue weighted by Crippen LogP contribution is 2.24. The zero-order valence-corrected chi connectivity index (χ0v) is 11.1. The molecule has 2 aromatic carbocycles. The number of aromatic nitrogens is 1. The lowest BCUT2D eigenvalue weighted by atomic mass is 9.98. The Hall–Kier alpha value is -2.33. The van der Waals surface area contributed by atoms with Gasteiger partial charge in [-0.2, -0.15) is 0 Å². The summed E-state index contributed by atoms with van der Waals surface area (Å²) in [5.74, 6) is -1.38.